The highest BCUT2D eigenvalue weighted by Crippen LogP contribution is 2.28. The quantitative estimate of drug-likeness (QED) is 0.108. The van der Waals surface area contributed by atoms with E-state index in [1.807, 2.05) is 74.5 Å². The molecule has 2 aliphatic rings. The highest BCUT2D eigenvalue weighted by molar-refractivity contribution is 5.96. The third kappa shape index (κ3) is 7.01. The van der Waals surface area contributed by atoms with Crippen LogP contribution in [0.25, 0.3) is 21.5 Å². The predicted molar refractivity (Wildman–Crippen MR) is 157 cm³/mol. The van der Waals surface area contributed by atoms with Crippen molar-refractivity contribution in [2.75, 3.05) is 39.6 Å². The van der Waals surface area contributed by atoms with Crippen molar-refractivity contribution >= 4 is 33.5 Å². The van der Waals surface area contributed by atoms with Crippen molar-refractivity contribution in [3.05, 3.63) is 83.9 Å². The number of epoxide rings is 2. The number of hydrogen-bond donors (Lipinski definition) is 0. The Morgan fingerprint density at radius 2 is 1.00 bits per heavy atom. The summed E-state index contributed by atoms with van der Waals surface area (Å²) in [5.74, 6) is 0.873. The van der Waals surface area contributed by atoms with Crippen LogP contribution in [0.1, 0.15) is 47.4 Å². The second kappa shape index (κ2) is 11.6. The standard InChI is InChI=1S/C34H34O8/c1-33(21-41-33)19-39-31(35)27-7-5-25-17-29(11-9-23(25)15-27)37-13-3-4-14-38-30-12-10-24-16-28(8-6-26(24)18-30)32(36)40-20-34(2)22-42-34/h5-12,15-18H,3-4,13-14,19-22H2,1-2H3. The molecule has 0 aromatic heterocycles. The molecule has 2 aliphatic heterocycles. The SMILES string of the molecule is CC1(COC(=O)c2ccc3cc(OCCCCOc4ccc5cc(C(=O)OCC6(C)CO6)ccc5c4)ccc3c2)CO1. The summed E-state index contributed by atoms with van der Waals surface area (Å²) in [7, 11) is 0. The molecule has 0 spiro atoms. The highest BCUT2D eigenvalue weighted by Gasteiger charge is 2.41. The van der Waals surface area contributed by atoms with E-state index in [-0.39, 0.29) is 36.4 Å². The maximum Gasteiger partial charge on any atom is 0.338 e. The van der Waals surface area contributed by atoms with Crippen molar-refractivity contribution in [2.24, 2.45) is 0 Å². The highest BCUT2D eigenvalue weighted by atomic mass is 16.6. The van der Waals surface area contributed by atoms with Crippen LogP contribution >= 0.6 is 0 Å². The van der Waals surface area contributed by atoms with Crippen molar-refractivity contribution in [3.8, 4) is 11.5 Å². The summed E-state index contributed by atoms with van der Waals surface area (Å²) in [5.41, 5.74) is 0.392. The van der Waals surface area contributed by atoms with Crippen LogP contribution in [-0.4, -0.2) is 62.8 Å². The second-order valence-corrected chi connectivity index (χ2v) is 11.5. The van der Waals surface area contributed by atoms with Gasteiger partial charge in [0.1, 0.15) is 35.9 Å². The molecule has 2 atom stereocenters. The molecule has 0 aliphatic carbocycles. The first-order chi connectivity index (χ1) is 20.3. The van der Waals surface area contributed by atoms with E-state index in [4.69, 9.17) is 28.4 Å². The van der Waals surface area contributed by atoms with Gasteiger partial charge in [0.25, 0.3) is 0 Å². The second-order valence-electron chi connectivity index (χ2n) is 11.5. The molecule has 8 nitrogen and oxygen atoms in total. The molecule has 0 bridgehead atoms. The Bertz CT molecular complexity index is 1500. The van der Waals surface area contributed by atoms with Crippen LogP contribution in [-0.2, 0) is 18.9 Å². The van der Waals surface area contributed by atoms with Crippen molar-refractivity contribution < 1.29 is 38.0 Å². The fourth-order valence-electron chi connectivity index (χ4n) is 4.48. The fourth-order valence-corrected chi connectivity index (χ4v) is 4.48. The minimum atomic E-state index is -0.347. The number of ether oxygens (including phenoxy) is 6. The number of hydrogen-bond acceptors (Lipinski definition) is 8. The van der Waals surface area contributed by atoms with Gasteiger partial charge >= 0.3 is 11.9 Å². The van der Waals surface area contributed by atoms with E-state index < -0.39 is 0 Å². The number of carbonyl (C=O) groups is 2. The molecule has 2 fully saturated rings. The monoisotopic (exact) mass is 570 g/mol. The van der Waals surface area contributed by atoms with Gasteiger partial charge in [0.2, 0.25) is 0 Å². The first kappa shape index (κ1) is 28.0. The summed E-state index contributed by atoms with van der Waals surface area (Å²) in [4.78, 5) is 24.7. The molecule has 0 radical (unpaired) electrons. The normalized spacial score (nSPS) is 20.7. The fraction of sp³-hybridized carbons (Fsp3) is 0.353. The Morgan fingerprint density at radius 3 is 1.40 bits per heavy atom. The van der Waals surface area contributed by atoms with Gasteiger partial charge in [-0.25, -0.2) is 9.59 Å². The number of benzene rings is 4. The van der Waals surface area contributed by atoms with Gasteiger partial charge in [0.15, 0.2) is 0 Å². The van der Waals surface area contributed by atoms with E-state index in [9.17, 15) is 9.59 Å². The van der Waals surface area contributed by atoms with Crippen LogP contribution in [0.3, 0.4) is 0 Å². The van der Waals surface area contributed by atoms with E-state index in [0.29, 0.717) is 37.6 Å². The van der Waals surface area contributed by atoms with Crippen LogP contribution in [0.4, 0.5) is 0 Å². The van der Waals surface area contributed by atoms with Gasteiger partial charge < -0.3 is 28.4 Å². The topological polar surface area (TPSA) is 96.1 Å². The Balaban J connectivity index is 0.927. The molecule has 8 heteroatoms. The van der Waals surface area contributed by atoms with Crippen LogP contribution in [0.15, 0.2) is 72.8 Å². The Kier molecular flexibility index (Phi) is 7.75. The summed E-state index contributed by atoms with van der Waals surface area (Å²) in [6, 6.07) is 22.7. The lowest BCUT2D eigenvalue weighted by Crippen LogP contribution is -2.18. The smallest absolute Gasteiger partial charge is 0.338 e. The molecule has 4 aromatic rings. The third-order valence-corrected chi connectivity index (χ3v) is 7.46. The molecular formula is C34H34O8. The first-order valence-corrected chi connectivity index (χ1v) is 14.2. The molecule has 0 amide bonds. The van der Waals surface area contributed by atoms with E-state index in [1.165, 1.54) is 0 Å². The third-order valence-electron chi connectivity index (χ3n) is 7.46. The predicted octanol–water partition coefficient (Wildman–Crippen LogP) is 6.12. The van der Waals surface area contributed by atoms with Gasteiger partial charge in [0.05, 0.1) is 37.6 Å². The van der Waals surface area contributed by atoms with Gasteiger partial charge in [-0.15, -0.1) is 0 Å². The minimum absolute atomic E-state index is 0.265. The van der Waals surface area contributed by atoms with Crippen molar-refractivity contribution in [1.29, 1.82) is 0 Å². The summed E-state index contributed by atoms with van der Waals surface area (Å²) in [6.07, 6.45) is 1.68. The molecule has 218 valence electrons. The Hall–Kier alpha value is -4.14. The number of unbranched alkanes of at least 4 members (excludes halogenated alkanes) is 1. The molecule has 2 unspecified atom stereocenters. The number of rotatable bonds is 13. The van der Waals surface area contributed by atoms with Gasteiger partial charge in [-0.05, 0) is 96.8 Å². The van der Waals surface area contributed by atoms with Crippen molar-refractivity contribution in [2.45, 2.75) is 37.9 Å². The van der Waals surface area contributed by atoms with Gasteiger partial charge in [-0.2, -0.15) is 0 Å². The van der Waals surface area contributed by atoms with E-state index in [1.54, 1.807) is 12.1 Å². The first-order valence-electron chi connectivity index (χ1n) is 14.2. The van der Waals surface area contributed by atoms with E-state index in [0.717, 1.165) is 45.9 Å². The molecule has 0 N–H and O–H groups in total. The average molecular weight is 571 g/mol. The van der Waals surface area contributed by atoms with Crippen LogP contribution in [0.2, 0.25) is 0 Å². The zero-order valence-corrected chi connectivity index (χ0v) is 23.9. The Labute approximate surface area is 244 Å². The molecule has 42 heavy (non-hydrogen) atoms. The zero-order valence-electron chi connectivity index (χ0n) is 23.9. The average Bonchev–Trinajstić information content (AvgIpc) is 3.94. The van der Waals surface area contributed by atoms with Crippen molar-refractivity contribution in [3.63, 3.8) is 0 Å². The molecule has 0 saturated carbocycles. The number of fused-ring (bicyclic) bond motifs is 2. The number of esters is 2. The molecule has 4 aromatic carbocycles. The lowest BCUT2D eigenvalue weighted by molar-refractivity contribution is 0.0404. The summed E-state index contributed by atoms with van der Waals surface area (Å²) >= 11 is 0. The summed E-state index contributed by atoms with van der Waals surface area (Å²) in [6.45, 7) is 6.76. The van der Waals surface area contributed by atoms with Gasteiger partial charge in [0, 0.05) is 0 Å². The largest absolute Gasteiger partial charge is 0.494 e. The van der Waals surface area contributed by atoms with Gasteiger partial charge in [-0.3, -0.25) is 0 Å². The molecular weight excluding hydrogens is 536 g/mol. The minimum Gasteiger partial charge on any atom is -0.494 e. The van der Waals surface area contributed by atoms with Crippen LogP contribution in [0, 0.1) is 0 Å². The van der Waals surface area contributed by atoms with Crippen molar-refractivity contribution in [1.82, 2.24) is 0 Å². The zero-order chi connectivity index (χ0) is 29.2. The maximum absolute atomic E-state index is 12.4. The number of carbonyl (C=O) groups excluding carboxylic acids is 2. The van der Waals surface area contributed by atoms with Crippen LogP contribution in [0.5, 0.6) is 11.5 Å². The summed E-state index contributed by atoms with van der Waals surface area (Å²) < 4.78 is 33.2. The van der Waals surface area contributed by atoms with Gasteiger partial charge in [-0.1, -0.05) is 24.3 Å². The molecule has 6 rings (SSSR count). The van der Waals surface area contributed by atoms with Crippen LogP contribution < -0.4 is 9.47 Å². The lowest BCUT2D eigenvalue weighted by Gasteiger charge is -2.11. The molecule has 2 heterocycles. The summed E-state index contributed by atoms with van der Waals surface area (Å²) in [5, 5.41) is 3.88. The Morgan fingerprint density at radius 1 is 0.619 bits per heavy atom. The van der Waals surface area contributed by atoms with E-state index >= 15 is 0 Å². The lowest BCUT2D eigenvalue weighted by atomic mass is 10.1. The molecule has 2 saturated heterocycles. The maximum atomic E-state index is 12.4. The van der Waals surface area contributed by atoms with E-state index in [2.05, 4.69) is 0 Å².